The molecule has 0 unspecified atom stereocenters. The van der Waals surface area contributed by atoms with E-state index in [-0.39, 0.29) is 22.4 Å². The van der Waals surface area contributed by atoms with Crippen LogP contribution in [0.5, 0.6) is 0 Å². The molecule has 0 spiro atoms. The van der Waals surface area contributed by atoms with Gasteiger partial charge in [0.2, 0.25) is 0 Å². The molecular formula is C8H12Ag. The molecule has 1 rings (SSSR count). The molecule has 1 aliphatic carbocycles. The van der Waals surface area contributed by atoms with Crippen molar-refractivity contribution in [3.63, 3.8) is 0 Å². The predicted octanol–water partition coefficient (Wildman–Crippen LogP) is 2.67. The van der Waals surface area contributed by atoms with Crippen molar-refractivity contribution in [2.75, 3.05) is 0 Å². The summed E-state index contributed by atoms with van der Waals surface area (Å²) >= 11 is 0. The molecule has 55 valence electrons. The van der Waals surface area contributed by atoms with Gasteiger partial charge in [0.05, 0.1) is 0 Å². The number of hydrogen-bond donors (Lipinski definition) is 0. The number of rotatable bonds is 0. The third-order valence-corrected chi connectivity index (χ3v) is 1.37. The Morgan fingerprint density at radius 1 is 0.778 bits per heavy atom. The van der Waals surface area contributed by atoms with E-state index in [1.54, 1.807) is 0 Å². The van der Waals surface area contributed by atoms with Gasteiger partial charge < -0.3 is 0 Å². The van der Waals surface area contributed by atoms with Crippen molar-refractivity contribution < 1.29 is 22.4 Å². The first-order valence-corrected chi connectivity index (χ1v) is 3.32. The molecule has 0 amide bonds. The summed E-state index contributed by atoms with van der Waals surface area (Å²) in [7, 11) is 0. The second-order valence-corrected chi connectivity index (χ2v) is 2.14. The van der Waals surface area contributed by atoms with Crippen LogP contribution in [0.25, 0.3) is 0 Å². The van der Waals surface area contributed by atoms with Crippen molar-refractivity contribution in [1.29, 1.82) is 0 Å². The van der Waals surface area contributed by atoms with Crippen molar-refractivity contribution in [2.24, 2.45) is 0 Å². The Labute approximate surface area is 72.5 Å². The minimum absolute atomic E-state index is 0. The zero-order valence-corrected chi connectivity index (χ0v) is 6.92. The van der Waals surface area contributed by atoms with E-state index in [9.17, 15) is 0 Å². The Bertz CT molecular complexity index is 89.1. The van der Waals surface area contributed by atoms with Crippen molar-refractivity contribution in [3.05, 3.63) is 24.3 Å². The summed E-state index contributed by atoms with van der Waals surface area (Å²) in [5, 5.41) is 0. The van der Waals surface area contributed by atoms with Gasteiger partial charge in [-0.25, -0.2) is 0 Å². The largest absolute Gasteiger partial charge is 0.0845 e. The van der Waals surface area contributed by atoms with Crippen LogP contribution in [0.4, 0.5) is 0 Å². The van der Waals surface area contributed by atoms with E-state index in [2.05, 4.69) is 24.3 Å². The summed E-state index contributed by atoms with van der Waals surface area (Å²) in [4.78, 5) is 0. The molecule has 0 aromatic carbocycles. The third kappa shape index (κ3) is 4.71. The van der Waals surface area contributed by atoms with Crippen LogP contribution in [-0.4, -0.2) is 0 Å². The molecule has 0 aromatic heterocycles. The normalized spacial score (nSPS) is 17.8. The van der Waals surface area contributed by atoms with Crippen LogP contribution in [0.15, 0.2) is 24.3 Å². The molecule has 1 radical (unpaired) electrons. The van der Waals surface area contributed by atoms with E-state index in [1.807, 2.05) is 0 Å². The molecule has 0 saturated carbocycles. The molecular weight excluding hydrogens is 204 g/mol. The van der Waals surface area contributed by atoms with Gasteiger partial charge in [0, 0.05) is 22.4 Å². The Hall–Kier alpha value is 0.220. The van der Waals surface area contributed by atoms with Gasteiger partial charge in [0.25, 0.3) is 0 Å². The van der Waals surface area contributed by atoms with Crippen LogP contribution >= 0.6 is 0 Å². The van der Waals surface area contributed by atoms with E-state index >= 15 is 0 Å². The molecule has 0 heterocycles. The molecule has 9 heavy (non-hydrogen) atoms. The van der Waals surface area contributed by atoms with E-state index in [1.165, 1.54) is 25.7 Å². The Kier molecular flexibility index (Phi) is 6.50. The maximum Gasteiger partial charge on any atom is 0 e. The number of hydrogen-bond acceptors (Lipinski definition) is 0. The zero-order chi connectivity index (χ0) is 5.66. The van der Waals surface area contributed by atoms with E-state index < -0.39 is 0 Å². The molecule has 0 N–H and O–H groups in total. The fourth-order valence-corrected chi connectivity index (χ4v) is 0.874. The zero-order valence-electron chi connectivity index (χ0n) is 5.44. The molecule has 0 atom stereocenters. The first-order chi connectivity index (χ1) is 4.00. The van der Waals surface area contributed by atoms with Crippen molar-refractivity contribution in [1.82, 2.24) is 0 Å². The summed E-state index contributed by atoms with van der Waals surface area (Å²) in [6.07, 6.45) is 14.0. The Morgan fingerprint density at radius 3 is 1.67 bits per heavy atom. The standard InChI is InChI=1S/C8H12.Ag/c1-2-4-6-8-7-5-3-1;/h1-4H,5-8H2;. The van der Waals surface area contributed by atoms with Crippen molar-refractivity contribution in [2.45, 2.75) is 25.7 Å². The molecule has 1 heteroatoms. The van der Waals surface area contributed by atoms with Gasteiger partial charge in [-0.15, -0.1) is 0 Å². The van der Waals surface area contributed by atoms with Crippen LogP contribution in [0.2, 0.25) is 0 Å². The number of allylic oxidation sites excluding steroid dienone is 4. The predicted molar refractivity (Wildman–Crippen MR) is 36.7 cm³/mol. The van der Waals surface area contributed by atoms with Gasteiger partial charge >= 0.3 is 0 Å². The first kappa shape index (κ1) is 9.22. The summed E-state index contributed by atoms with van der Waals surface area (Å²) in [5.74, 6) is 0. The smallest absolute Gasteiger partial charge is 0 e. The summed E-state index contributed by atoms with van der Waals surface area (Å²) < 4.78 is 0. The molecule has 0 aliphatic heterocycles. The van der Waals surface area contributed by atoms with Crippen LogP contribution < -0.4 is 0 Å². The summed E-state index contributed by atoms with van der Waals surface area (Å²) in [6, 6.07) is 0. The topological polar surface area (TPSA) is 0 Å². The fourth-order valence-electron chi connectivity index (χ4n) is 0.874. The van der Waals surface area contributed by atoms with Gasteiger partial charge in [0.15, 0.2) is 0 Å². The van der Waals surface area contributed by atoms with Crippen molar-refractivity contribution in [3.8, 4) is 0 Å². The Balaban J connectivity index is 0.000000640. The maximum absolute atomic E-state index is 2.23. The van der Waals surface area contributed by atoms with Crippen LogP contribution in [-0.2, 0) is 22.4 Å². The van der Waals surface area contributed by atoms with E-state index in [4.69, 9.17) is 0 Å². The molecule has 0 bridgehead atoms. The average molecular weight is 216 g/mol. The van der Waals surface area contributed by atoms with Crippen LogP contribution in [0.1, 0.15) is 25.7 Å². The maximum atomic E-state index is 2.23. The summed E-state index contributed by atoms with van der Waals surface area (Å²) in [5.41, 5.74) is 0. The van der Waals surface area contributed by atoms with Crippen molar-refractivity contribution >= 4 is 0 Å². The van der Waals surface area contributed by atoms with Gasteiger partial charge in [-0.2, -0.15) is 0 Å². The average Bonchev–Trinajstić information content (AvgIpc) is 1.62. The Morgan fingerprint density at radius 2 is 1.22 bits per heavy atom. The van der Waals surface area contributed by atoms with E-state index in [0.717, 1.165) is 0 Å². The van der Waals surface area contributed by atoms with Gasteiger partial charge in [-0.1, -0.05) is 24.3 Å². The monoisotopic (exact) mass is 215 g/mol. The molecule has 1 aliphatic rings. The molecule has 0 aromatic rings. The van der Waals surface area contributed by atoms with Gasteiger partial charge in [0.1, 0.15) is 0 Å². The van der Waals surface area contributed by atoms with Crippen LogP contribution in [0, 0.1) is 0 Å². The fraction of sp³-hybridized carbons (Fsp3) is 0.500. The second kappa shape index (κ2) is 6.34. The minimum atomic E-state index is 0. The molecule has 0 fully saturated rings. The first-order valence-electron chi connectivity index (χ1n) is 3.32. The summed E-state index contributed by atoms with van der Waals surface area (Å²) in [6.45, 7) is 0. The molecule has 0 saturated heterocycles. The second-order valence-electron chi connectivity index (χ2n) is 2.14. The van der Waals surface area contributed by atoms with E-state index in [0.29, 0.717) is 0 Å². The molecule has 0 nitrogen and oxygen atoms in total. The van der Waals surface area contributed by atoms with Gasteiger partial charge in [-0.3, -0.25) is 0 Å². The SMILES string of the molecule is C1=CCCCCC=C1.[Ag]. The minimum Gasteiger partial charge on any atom is -0.0845 e. The third-order valence-electron chi connectivity index (χ3n) is 1.37. The quantitative estimate of drug-likeness (QED) is 0.546. The van der Waals surface area contributed by atoms with Gasteiger partial charge in [-0.05, 0) is 25.7 Å². The van der Waals surface area contributed by atoms with Crippen LogP contribution in [0.3, 0.4) is 0 Å².